The Labute approximate surface area is 168 Å². The van der Waals surface area contributed by atoms with Gasteiger partial charge in [0.2, 0.25) is 0 Å². The fourth-order valence-electron chi connectivity index (χ4n) is 2.66. The molecule has 0 amide bonds. The quantitative estimate of drug-likeness (QED) is 0.150. The molecule has 0 aliphatic heterocycles. The third-order valence-electron chi connectivity index (χ3n) is 4.01. The van der Waals surface area contributed by atoms with Crippen LogP contribution in [0.25, 0.3) is 0 Å². The van der Waals surface area contributed by atoms with Gasteiger partial charge in [-0.15, -0.1) is 0 Å². The SMILES string of the molecule is CCCCCCCCCCCCCCCCCCO.O=P(O)(O)O.[Zn]. The van der Waals surface area contributed by atoms with Crippen LogP contribution in [0.1, 0.15) is 110 Å². The van der Waals surface area contributed by atoms with E-state index in [-0.39, 0.29) is 19.5 Å². The van der Waals surface area contributed by atoms with Crippen LogP contribution in [0, 0.1) is 0 Å². The first-order valence-corrected chi connectivity index (χ1v) is 11.4. The maximum atomic E-state index is 8.88. The molecule has 0 spiro atoms. The first-order chi connectivity index (χ1) is 11.4. The fourth-order valence-corrected chi connectivity index (χ4v) is 2.66. The van der Waals surface area contributed by atoms with Gasteiger partial charge in [-0.1, -0.05) is 103 Å². The van der Waals surface area contributed by atoms with Gasteiger partial charge in [-0.2, -0.15) is 0 Å². The zero-order valence-corrected chi connectivity index (χ0v) is 20.2. The van der Waals surface area contributed by atoms with Gasteiger partial charge in [-0.3, -0.25) is 0 Å². The maximum Gasteiger partial charge on any atom is 0.466 e. The van der Waals surface area contributed by atoms with E-state index in [0.717, 1.165) is 6.42 Å². The summed E-state index contributed by atoms with van der Waals surface area (Å²) in [6.07, 6.45) is 22.2. The second kappa shape index (κ2) is 24.7. The van der Waals surface area contributed by atoms with Crippen LogP contribution in [-0.4, -0.2) is 26.4 Å². The molecule has 5 nitrogen and oxygen atoms in total. The Kier molecular flexibility index (Phi) is 30.0. The molecule has 0 aliphatic carbocycles. The third-order valence-corrected chi connectivity index (χ3v) is 4.01. The molecule has 0 aromatic carbocycles. The number of unbranched alkanes of at least 4 members (excludes halogenated alkanes) is 15. The van der Waals surface area contributed by atoms with Crippen LogP contribution in [-0.2, 0) is 24.0 Å². The molecule has 0 atom stereocenters. The Morgan fingerprint density at radius 1 is 0.560 bits per heavy atom. The van der Waals surface area contributed by atoms with Crippen molar-refractivity contribution in [1.29, 1.82) is 0 Å². The van der Waals surface area contributed by atoms with Crippen LogP contribution in [0.5, 0.6) is 0 Å². The topological polar surface area (TPSA) is 98.0 Å². The zero-order valence-electron chi connectivity index (χ0n) is 16.4. The van der Waals surface area contributed by atoms with Crippen LogP contribution in [0.3, 0.4) is 0 Å². The standard InChI is InChI=1S/C18H38O.H3O4P.Zn/c1-2-3-4-5-6-7-8-9-10-11-12-13-14-15-16-17-18-19;1-5(2,3)4;/h19H,2-18H2,1H3;(H3,1,2,3,4);. The van der Waals surface area contributed by atoms with Gasteiger partial charge < -0.3 is 19.8 Å². The summed E-state index contributed by atoms with van der Waals surface area (Å²) in [5.74, 6) is 0. The van der Waals surface area contributed by atoms with E-state index in [1.807, 2.05) is 0 Å². The summed E-state index contributed by atoms with van der Waals surface area (Å²) < 4.78 is 8.88. The zero-order chi connectivity index (χ0) is 18.5. The molecule has 0 aromatic rings. The molecule has 0 aliphatic rings. The van der Waals surface area contributed by atoms with Gasteiger partial charge in [0.1, 0.15) is 0 Å². The maximum absolute atomic E-state index is 8.88. The van der Waals surface area contributed by atoms with Gasteiger partial charge in [0.25, 0.3) is 0 Å². The van der Waals surface area contributed by atoms with Crippen molar-refractivity contribution in [2.24, 2.45) is 0 Å². The summed E-state index contributed by atoms with van der Waals surface area (Å²) >= 11 is 0. The Bertz CT molecular complexity index is 250. The number of aliphatic hydroxyl groups excluding tert-OH is 1. The minimum Gasteiger partial charge on any atom is -0.396 e. The smallest absolute Gasteiger partial charge is 0.396 e. The summed E-state index contributed by atoms with van der Waals surface area (Å²) in [6, 6.07) is 0. The van der Waals surface area contributed by atoms with Crippen LogP contribution >= 0.6 is 7.82 Å². The largest absolute Gasteiger partial charge is 0.466 e. The molecule has 150 valence electrons. The average molecular weight is 434 g/mol. The fraction of sp³-hybridized carbons (Fsp3) is 1.00. The molecule has 0 radical (unpaired) electrons. The van der Waals surface area contributed by atoms with Gasteiger partial charge in [-0.05, 0) is 6.42 Å². The molecule has 0 saturated heterocycles. The Hall–Kier alpha value is 0.693. The van der Waals surface area contributed by atoms with Crippen molar-refractivity contribution in [1.82, 2.24) is 0 Å². The van der Waals surface area contributed by atoms with E-state index < -0.39 is 7.82 Å². The van der Waals surface area contributed by atoms with Crippen molar-refractivity contribution in [3.05, 3.63) is 0 Å². The van der Waals surface area contributed by atoms with Crippen molar-refractivity contribution < 1.29 is 43.8 Å². The van der Waals surface area contributed by atoms with Gasteiger partial charge in [0.05, 0.1) is 0 Å². The number of rotatable bonds is 16. The molecule has 0 fully saturated rings. The van der Waals surface area contributed by atoms with E-state index in [1.54, 1.807) is 0 Å². The number of hydrogen-bond donors (Lipinski definition) is 4. The molecule has 0 rings (SSSR count). The van der Waals surface area contributed by atoms with E-state index in [2.05, 4.69) is 6.92 Å². The van der Waals surface area contributed by atoms with Crippen LogP contribution in [0.2, 0.25) is 0 Å². The molecule has 0 unspecified atom stereocenters. The first kappa shape index (κ1) is 30.4. The summed E-state index contributed by atoms with van der Waals surface area (Å²) in [7, 11) is -4.64. The van der Waals surface area contributed by atoms with Crippen LogP contribution in [0.4, 0.5) is 0 Å². The van der Waals surface area contributed by atoms with E-state index in [9.17, 15) is 0 Å². The molecule has 25 heavy (non-hydrogen) atoms. The summed E-state index contributed by atoms with van der Waals surface area (Å²) in [6.45, 7) is 2.66. The van der Waals surface area contributed by atoms with E-state index in [1.165, 1.54) is 96.3 Å². The molecule has 0 saturated carbocycles. The van der Waals surface area contributed by atoms with Crippen molar-refractivity contribution >= 4 is 7.82 Å². The second-order valence-corrected chi connectivity index (χ2v) is 7.57. The monoisotopic (exact) mass is 432 g/mol. The van der Waals surface area contributed by atoms with E-state index in [0.29, 0.717) is 6.61 Å². The van der Waals surface area contributed by atoms with Crippen molar-refractivity contribution in [3.63, 3.8) is 0 Å². The normalized spacial score (nSPS) is 10.8. The van der Waals surface area contributed by atoms with Gasteiger partial charge in [-0.25, -0.2) is 4.57 Å². The van der Waals surface area contributed by atoms with Crippen molar-refractivity contribution in [2.75, 3.05) is 6.61 Å². The molecule has 4 N–H and O–H groups in total. The summed E-state index contributed by atoms with van der Waals surface area (Å²) in [4.78, 5) is 21.6. The third kappa shape index (κ3) is 45.6. The predicted molar refractivity (Wildman–Crippen MR) is 101 cm³/mol. The van der Waals surface area contributed by atoms with Crippen molar-refractivity contribution in [2.45, 2.75) is 110 Å². The van der Waals surface area contributed by atoms with Crippen LogP contribution < -0.4 is 0 Å². The van der Waals surface area contributed by atoms with E-state index >= 15 is 0 Å². The molecule has 0 aromatic heterocycles. The number of hydrogen-bond acceptors (Lipinski definition) is 2. The Balaban J connectivity index is -0.000000704. The summed E-state index contributed by atoms with van der Waals surface area (Å²) in [5, 5.41) is 8.67. The molecule has 0 heterocycles. The number of phosphoric acid groups is 1. The van der Waals surface area contributed by atoms with Crippen LogP contribution in [0.15, 0.2) is 0 Å². The van der Waals surface area contributed by atoms with E-state index in [4.69, 9.17) is 24.4 Å². The summed E-state index contributed by atoms with van der Waals surface area (Å²) in [5.41, 5.74) is 0. The van der Waals surface area contributed by atoms with Crippen molar-refractivity contribution in [3.8, 4) is 0 Å². The van der Waals surface area contributed by atoms with Gasteiger partial charge >= 0.3 is 7.82 Å². The molecule has 7 heteroatoms. The Morgan fingerprint density at radius 2 is 0.760 bits per heavy atom. The first-order valence-electron chi connectivity index (χ1n) is 9.81. The predicted octanol–water partition coefficient (Wildman–Crippen LogP) is 5.31. The number of aliphatic hydroxyl groups is 1. The average Bonchev–Trinajstić information content (AvgIpc) is 2.49. The minimum absolute atomic E-state index is 0. The Morgan fingerprint density at radius 3 is 0.960 bits per heavy atom. The second-order valence-electron chi connectivity index (χ2n) is 6.54. The molecular formula is C18H41O5PZn. The van der Waals surface area contributed by atoms with Gasteiger partial charge in [0.15, 0.2) is 0 Å². The molecule has 0 bridgehead atoms. The van der Waals surface area contributed by atoms with Gasteiger partial charge in [0, 0.05) is 26.1 Å². The molecular weight excluding hydrogens is 393 g/mol. The minimum atomic E-state index is -4.64.